The van der Waals surface area contributed by atoms with Crippen molar-refractivity contribution in [3.8, 4) is 0 Å². The van der Waals surface area contributed by atoms with Gasteiger partial charge in [-0.2, -0.15) is 0 Å². The fourth-order valence-corrected chi connectivity index (χ4v) is 4.73. The molecule has 0 spiro atoms. The van der Waals surface area contributed by atoms with Gasteiger partial charge in [-0.15, -0.1) is 0 Å². The Morgan fingerprint density at radius 2 is 1.89 bits per heavy atom. The summed E-state index contributed by atoms with van der Waals surface area (Å²) in [6.07, 6.45) is 6.69. The fraction of sp³-hybridized carbons (Fsp3) is 0.565. The number of likely N-dealkylation sites (tertiary alicyclic amines) is 1. The van der Waals surface area contributed by atoms with E-state index in [9.17, 15) is 9.59 Å². The lowest BCUT2D eigenvalue weighted by molar-refractivity contribution is -0.135. The van der Waals surface area contributed by atoms with Crippen molar-refractivity contribution in [2.75, 3.05) is 46.8 Å². The van der Waals surface area contributed by atoms with Crippen LogP contribution < -0.4 is 0 Å². The number of aryl methyl sites for hydroxylation is 1. The number of benzene rings is 1. The Morgan fingerprint density at radius 1 is 1.11 bits per heavy atom. The predicted octanol–water partition coefficient (Wildman–Crippen LogP) is 2.52. The van der Waals surface area contributed by atoms with Crippen molar-refractivity contribution in [2.24, 2.45) is 0 Å². The molecular weight excluding hydrogens is 350 g/mol. The predicted molar refractivity (Wildman–Crippen MR) is 111 cm³/mol. The molecule has 2 heterocycles. The topological polar surface area (TPSA) is 43.9 Å². The van der Waals surface area contributed by atoms with Crippen LogP contribution in [-0.2, 0) is 16.0 Å². The van der Waals surface area contributed by atoms with Gasteiger partial charge in [0, 0.05) is 45.1 Å². The summed E-state index contributed by atoms with van der Waals surface area (Å²) in [5, 5.41) is 0. The van der Waals surface area contributed by atoms with Gasteiger partial charge in [0.1, 0.15) is 5.78 Å². The smallest absolute Gasteiger partial charge is 0.236 e. The molecular formula is C23H31N3O2. The summed E-state index contributed by atoms with van der Waals surface area (Å²) in [4.78, 5) is 30.3. The Kier molecular flexibility index (Phi) is 5.65. The van der Waals surface area contributed by atoms with Gasteiger partial charge in [-0.1, -0.05) is 18.2 Å². The van der Waals surface area contributed by atoms with E-state index >= 15 is 0 Å². The van der Waals surface area contributed by atoms with Crippen molar-refractivity contribution in [3.63, 3.8) is 0 Å². The number of piperidine rings is 1. The van der Waals surface area contributed by atoms with Crippen LogP contribution >= 0.6 is 0 Å². The lowest BCUT2D eigenvalue weighted by atomic mass is 9.95. The first-order valence-electron chi connectivity index (χ1n) is 10.5. The number of hydrogen-bond acceptors (Lipinski definition) is 4. The van der Waals surface area contributed by atoms with Crippen LogP contribution in [0.3, 0.4) is 0 Å². The van der Waals surface area contributed by atoms with Crippen LogP contribution in [0.1, 0.15) is 48.4 Å². The van der Waals surface area contributed by atoms with Crippen LogP contribution in [0.4, 0.5) is 0 Å². The van der Waals surface area contributed by atoms with Gasteiger partial charge < -0.3 is 9.80 Å². The maximum atomic E-state index is 12.5. The number of amides is 1. The number of hydrogen-bond donors (Lipinski definition) is 0. The Hall–Kier alpha value is -1.98. The van der Waals surface area contributed by atoms with Gasteiger partial charge in [0.05, 0.1) is 6.54 Å². The zero-order valence-electron chi connectivity index (χ0n) is 17.1. The first-order chi connectivity index (χ1) is 13.5. The largest absolute Gasteiger partial charge is 0.341 e. The van der Waals surface area contributed by atoms with E-state index in [0.29, 0.717) is 38.5 Å². The van der Waals surface area contributed by atoms with Crippen molar-refractivity contribution < 1.29 is 9.59 Å². The molecule has 0 radical (unpaired) electrons. The molecule has 1 aromatic carbocycles. The summed E-state index contributed by atoms with van der Waals surface area (Å²) in [6.45, 7) is 3.38. The minimum Gasteiger partial charge on any atom is -0.341 e. The summed E-state index contributed by atoms with van der Waals surface area (Å²) in [5.41, 5.74) is 5.72. The van der Waals surface area contributed by atoms with Gasteiger partial charge in [0.2, 0.25) is 5.91 Å². The van der Waals surface area contributed by atoms with Crippen LogP contribution in [0.5, 0.6) is 0 Å². The zero-order valence-corrected chi connectivity index (χ0v) is 17.1. The molecule has 1 unspecified atom stereocenters. The van der Waals surface area contributed by atoms with E-state index in [1.54, 1.807) is 0 Å². The van der Waals surface area contributed by atoms with Gasteiger partial charge in [0.25, 0.3) is 0 Å². The second kappa shape index (κ2) is 8.18. The van der Waals surface area contributed by atoms with Gasteiger partial charge in [-0.05, 0) is 61.7 Å². The van der Waals surface area contributed by atoms with E-state index in [1.165, 1.54) is 35.1 Å². The van der Waals surface area contributed by atoms with E-state index < -0.39 is 0 Å². The van der Waals surface area contributed by atoms with E-state index in [4.69, 9.17) is 0 Å². The summed E-state index contributed by atoms with van der Waals surface area (Å²) in [5.74, 6) is 0.441. The Bertz CT molecular complexity index is 789. The molecule has 0 bridgehead atoms. The molecule has 150 valence electrons. The summed E-state index contributed by atoms with van der Waals surface area (Å²) in [7, 11) is 4.33. The molecule has 5 nitrogen and oxygen atoms in total. The van der Waals surface area contributed by atoms with Gasteiger partial charge in [0.15, 0.2) is 0 Å². The van der Waals surface area contributed by atoms with E-state index in [0.717, 1.165) is 19.5 Å². The number of Topliss-reactive ketones (excluding diaryl/α,β-unsaturated/α-hetero) is 1. The van der Waals surface area contributed by atoms with Gasteiger partial charge in [-0.25, -0.2) is 0 Å². The molecule has 4 rings (SSSR count). The number of nitrogens with zero attached hydrogens (tertiary/aromatic N) is 3. The maximum absolute atomic E-state index is 12.5. The zero-order chi connectivity index (χ0) is 19.7. The Labute approximate surface area is 168 Å². The Morgan fingerprint density at radius 3 is 2.57 bits per heavy atom. The molecule has 0 saturated carbocycles. The molecule has 0 aromatic heterocycles. The third-order valence-electron chi connectivity index (χ3n) is 6.51. The van der Waals surface area contributed by atoms with Crippen LogP contribution in [0.15, 0.2) is 24.3 Å². The number of carbonyl (C=O) groups is 2. The number of ketones is 1. The molecule has 1 aromatic rings. The first kappa shape index (κ1) is 19.3. The average molecular weight is 382 g/mol. The van der Waals surface area contributed by atoms with Gasteiger partial charge in [-0.3, -0.25) is 14.5 Å². The molecule has 1 amide bonds. The SMILES string of the molecule is CN(C)C1CCc2ccc(C3=CCN(CC(=O)N4CCC(=O)CC4)CC3)cc21. The molecule has 2 aliphatic heterocycles. The normalized spacial score (nSPS) is 23.1. The van der Waals surface area contributed by atoms with Crippen LogP contribution in [0.2, 0.25) is 0 Å². The molecule has 1 aliphatic carbocycles. The second-order valence-corrected chi connectivity index (χ2v) is 8.57. The molecule has 0 N–H and O–H groups in total. The minimum atomic E-state index is 0.163. The quantitative estimate of drug-likeness (QED) is 0.804. The fourth-order valence-electron chi connectivity index (χ4n) is 4.73. The van der Waals surface area contributed by atoms with Crippen molar-refractivity contribution in [1.29, 1.82) is 0 Å². The highest BCUT2D eigenvalue weighted by Gasteiger charge is 2.26. The molecule has 1 saturated heterocycles. The van der Waals surface area contributed by atoms with E-state index in [2.05, 4.69) is 48.2 Å². The highest BCUT2D eigenvalue weighted by molar-refractivity contribution is 5.84. The van der Waals surface area contributed by atoms with E-state index in [-0.39, 0.29) is 11.7 Å². The van der Waals surface area contributed by atoms with Crippen molar-refractivity contribution in [2.45, 2.75) is 38.1 Å². The van der Waals surface area contributed by atoms with Crippen molar-refractivity contribution in [3.05, 3.63) is 41.0 Å². The van der Waals surface area contributed by atoms with Crippen LogP contribution in [0.25, 0.3) is 5.57 Å². The molecule has 1 atom stereocenters. The monoisotopic (exact) mass is 381 g/mol. The number of carbonyl (C=O) groups excluding carboxylic acids is 2. The van der Waals surface area contributed by atoms with Crippen molar-refractivity contribution >= 4 is 17.3 Å². The van der Waals surface area contributed by atoms with Crippen LogP contribution in [0, 0.1) is 0 Å². The minimum absolute atomic E-state index is 0.163. The molecule has 3 aliphatic rings. The highest BCUT2D eigenvalue weighted by Crippen LogP contribution is 2.36. The summed E-state index contributed by atoms with van der Waals surface area (Å²) in [6, 6.07) is 7.51. The molecule has 1 fully saturated rings. The maximum Gasteiger partial charge on any atom is 0.236 e. The first-order valence-corrected chi connectivity index (χ1v) is 10.5. The average Bonchev–Trinajstić information content (AvgIpc) is 3.12. The lowest BCUT2D eigenvalue weighted by Crippen LogP contribution is -2.45. The molecule has 28 heavy (non-hydrogen) atoms. The Balaban J connectivity index is 1.37. The van der Waals surface area contributed by atoms with Crippen LogP contribution in [-0.4, -0.2) is 73.2 Å². The lowest BCUT2D eigenvalue weighted by Gasteiger charge is -2.31. The van der Waals surface area contributed by atoms with Gasteiger partial charge >= 0.3 is 0 Å². The summed E-state index contributed by atoms with van der Waals surface area (Å²) < 4.78 is 0. The summed E-state index contributed by atoms with van der Waals surface area (Å²) >= 11 is 0. The standard InChI is InChI=1S/C23H31N3O2/c1-24(2)22-6-5-18-3-4-19(15-21(18)22)17-7-11-25(12-8-17)16-23(28)26-13-9-20(27)10-14-26/h3-4,7,15,22H,5-6,8-14,16H2,1-2H3. The number of fused-ring (bicyclic) bond motifs is 1. The highest BCUT2D eigenvalue weighted by atomic mass is 16.2. The number of rotatable bonds is 4. The molecule has 5 heteroatoms. The van der Waals surface area contributed by atoms with E-state index in [1.807, 2.05) is 4.90 Å². The second-order valence-electron chi connectivity index (χ2n) is 8.57. The third kappa shape index (κ3) is 4.06. The third-order valence-corrected chi connectivity index (χ3v) is 6.51. The van der Waals surface area contributed by atoms with Crippen molar-refractivity contribution in [1.82, 2.24) is 14.7 Å².